The molecule has 1 aliphatic rings. The van der Waals surface area contributed by atoms with Crippen molar-refractivity contribution in [2.75, 3.05) is 32.8 Å². The molecule has 4 nitrogen and oxygen atoms in total. The van der Waals surface area contributed by atoms with Crippen LogP contribution in [-0.2, 0) is 11.3 Å². The lowest BCUT2D eigenvalue weighted by atomic mass is 10.0. The number of hydrogen-bond donors (Lipinski definition) is 1. The molecule has 120 valence electrons. The summed E-state index contributed by atoms with van der Waals surface area (Å²) >= 11 is 0. The second kappa shape index (κ2) is 9.23. The standard InChI is InChI=1S/C17H30N2O2/c1-15(2)13-19-9-6-16(7-10-19)18-8-4-11-20-14-17-5-3-12-21-17/h3,5,12,15-16,18H,4,6-11,13-14H2,1-2H3. The molecule has 0 spiro atoms. The van der Waals surface area contributed by atoms with Crippen LogP contribution in [0.15, 0.2) is 22.8 Å². The number of piperidine rings is 1. The van der Waals surface area contributed by atoms with E-state index in [0.29, 0.717) is 12.6 Å². The highest BCUT2D eigenvalue weighted by molar-refractivity contribution is 4.95. The third kappa shape index (κ3) is 6.64. The van der Waals surface area contributed by atoms with Crippen LogP contribution < -0.4 is 5.32 Å². The molecule has 4 heteroatoms. The molecule has 0 bridgehead atoms. The zero-order chi connectivity index (χ0) is 14.9. The summed E-state index contributed by atoms with van der Waals surface area (Å²) in [5, 5.41) is 3.66. The molecule has 0 amide bonds. The minimum absolute atomic E-state index is 0.584. The van der Waals surface area contributed by atoms with Gasteiger partial charge < -0.3 is 19.4 Å². The molecule has 1 aliphatic heterocycles. The molecule has 2 rings (SSSR count). The Kier molecular flexibility index (Phi) is 7.27. The zero-order valence-electron chi connectivity index (χ0n) is 13.5. The van der Waals surface area contributed by atoms with E-state index in [1.807, 2.05) is 12.1 Å². The van der Waals surface area contributed by atoms with Gasteiger partial charge >= 0.3 is 0 Å². The van der Waals surface area contributed by atoms with Crippen molar-refractivity contribution >= 4 is 0 Å². The Morgan fingerprint density at radius 3 is 2.86 bits per heavy atom. The maximum atomic E-state index is 5.59. The maximum Gasteiger partial charge on any atom is 0.129 e. The van der Waals surface area contributed by atoms with Gasteiger partial charge in [0.05, 0.1) is 6.26 Å². The molecular formula is C17H30N2O2. The quantitative estimate of drug-likeness (QED) is 0.711. The van der Waals surface area contributed by atoms with E-state index < -0.39 is 0 Å². The van der Waals surface area contributed by atoms with Gasteiger partial charge in [-0.15, -0.1) is 0 Å². The highest BCUT2D eigenvalue weighted by atomic mass is 16.5. The van der Waals surface area contributed by atoms with Crippen LogP contribution in [-0.4, -0.2) is 43.7 Å². The van der Waals surface area contributed by atoms with E-state index >= 15 is 0 Å². The molecule has 0 unspecified atom stereocenters. The van der Waals surface area contributed by atoms with Gasteiger partial charge in [-0.05, 0) is 56.9 Å². The van der Waals surface area contributed by atoms with E-state index in [1.165, 1.54) is 32.5 Å². The second-order valence-corrected chi connectivity index (χ2v) is 6.41. The molecule has 1 aromatic rings. The van der Waals surface area contributed by atoms with Gasteiger partial charge in [-0.3, -0.25) is 0 Å². The summed E-state index contributed by atoms with van der Waals surface area (Å²) in [6.45, 7) is 10.7. The fraction of sp³-hybridized carbons (Fsp3) is 0.765. The van der Waals surface area contributed by atoms with Crippen LogP contribution in [0, 0.1) is 5.92 Å². The van der Waals surface area contributed by atoms with E-state index in [2.05, 4.69) is 24.1 Å². The lowest BCUT2D eigenvalue weighted by Gasteiger charge is -2.33. The Morgan fingerprint density at radius 1 is 1.38 bits per heavy atom. The summed E-state index contributed by atoms with van der Waals surface area (Å²) in [6.07, 6.45) is 5.30. The van der Waals surface area contributed by atoms with Crippen molar-refractivity contribution < 1.29 is 9.15 Å². The SMILES string of the molecule is CC(C)CN1CCC(NCCCOCc2ccco2)CC1. The Balaban J connectivity index is 1.45. The first-order valence-corrected chi connectivity index (χ1v) is 8.30. The number of rotatable bonds is 9. The average molecular weight is 294 g/mol. The first kappa shape index (κ1) is 16.5. The first-order chi connectivity index (χ1) is 10.2. The van der Waals surface area contributed by atoms with Crippen molar-refractivity contribution in [2.45, 2.75) is 45.8 Å². The summed E-state index contributed by atoms with van der Waals surface area (Å²) in [7, 11) is 0. The molecule has 1 saturated heterocycles. The Hall–Kier alpha value is -0.840. The van der Waals surface area contributed by atoms with Crippen molar-refractivity contribution in [1.82, 2.24) is 10.2 Å². The van der Waals surface area contributed by atoms with Gasteiger partial charge in [0.2, 0.25) is 0 Å². The average Bonchev–Trinajstić information content (AvgIpc) is 2.97. The second-order valence-electron chi connectivity index (χ2n) is 6.41. The van der Waals surface area contributed by atoms with Crippen LogP contribution in [0.2, 0.25) is 0 Å². The van der Waals surface area contributed by atoms with Gasteiger partial charge in [-0.1, -0.05) is 13.8 Å². The summed E-state index contributed by atoms with van der Waals surface area (Å²) < 4.78 is 10.8. The van der Waals surface area contributed by atoms with Crippen molar-refractivity contribution in [1.29, 1.82) is 0 Å². The van der Waals surface area contributed by atoms with Gasteiger partial charge in [-0.2, -0.15) is 0 Å². The molecule has 2 heterocycles. The van der Waals surface area contributed by atoms with E-state index in [9.17, 15) is 0 Å². The lowest BCUT2D eigenvalue weighted by molar-refractivity contribution is 0.102. The third-order valence-electron chi connectivity index (χ3n) is 3.93. The molecule has 1 N–H and O–H groups in total. The lowest BCUT2D eigenvalue weighted by Crippen LogP contribution is -2.43. The molecule has 1 fully saturated rings. The van der Waals surface area contributed by atoms with Crippen molar-refractivity contribution in [3.05, 3.63) is 24.2 Å². The number of nitrogens with one attached hydrogen (secondary N) is 1. The highest BCUT2D eigenvalue weighted by Crippen LogP contribution is 2.12. The van der Waals surface area contributed by atoms with E-state index in [-0.39, 0.29) is 0 Å². The molecule has 21 heavy (non-hydrogen) atoms. The van der Waals surface area contributed by atoms with Crippen LogP contribution in [0.1, 0.15) is 38.9 Å². The summed E-state index contributed by atoms with van der Waals surface area (Å²) in [6, 6.07) is 4.54. The third-order valence-corrected chi connectivity index (χ3v) is 3.93. The van der Waals surface area contributed by atoms with Crippen LogP contribution in [0.3, 0.4) is 0 Å². The summed E-state index contributed by atoms with van der Waals surface area (Å²) in [5.74, 6) is 1.68. The number of likely N-dealkylation sites (tertiary alicyclic amines) is 1. The topological polar surface area (TPSA) is 37.6 Å². The van der Waals surface area contributed by atoms with Gasteiger partial charge in [0.15, 0.2) is 0 Å². The molecular weight excluding hydrogens is 264 g/mol. The zero-order valence-corrected chi connectivity index (χ0v) is 13.5. The Bertz CT molecular complexity index is 357. The summed E-state index contributed by atoms with van der Waals surface area (Å²) in [5.41, 5.74) is 0. The number of nitrogens with zero attached hydrogens (tertiary/aromatic N) is 1. The number of furan rings is 1. The van der Waals surface area contributed by atoms with Crippen LogP contribution >= 0.6 is 0 Å². The monoisotopic (exact) mass is 294 g/mol. The first-order valence-electron chi connectivity index (χ1n) is 8.30. The summed E-state index contributed by atoms with van der Waals surface area (Å²) in [4.78, 5) is 2.59. The van der Waals surface area contributed by atoms with Gasteiger partial charge in [0, 0.05) is 19.2 Å². The molecule has 0 saturated carbocycles. The van der Waals surface area contributed by atoms with Crippen molar-refractivity contribution in [3.8, 4) is 0 Å². The predicted octanol–water partition coefficient (Wildman–Crippen LogP) is 2.90. The normalized spacial score (nSPS) is 17.7. The van der Waals surface area contributed by atoms with Crippen molar-refractivity contribution in [3.63, 3.8) is 0 Å². The smallest absolute Gasteiger partial charge is 0.129 e. The largest absolute Gasteiger partial charge is 0.467 e. The Morgan fingerprint density at radius 2 is 2.19 bits per heavy atom. The van der Waals surface area contributed by atoms with Crippen molar-refractivity contribution in [2.24, 2.45) is 5.92 Å². The van der Waals surface area contributed by atoms with E-state index in [0.717, 1.165) is 31.3 Å². The van der Waals surface area contributed by atoms with E-state index in [4.69, 9.17) is 9.15 Å². The van der Waals surface area contributed by atoms with Gasteiger partial charge in [-0.25, -0.2) is 0 Å². The minimum atomic E-state index is 0.584. The van der Waals surface area contributed by atoms with Crippen LogP contribution in [0.5, 0.6) is 0 Å². The van der Waals surface area contributed by atoms with Crippen LogP contribution in [0.25, 0.3) is 0 Å². The highest BCUT2D eigenvalue weighted by Gasteiger charge is 2.18. The van der Waals surface area contributed by atoms with Gasteiger partial charge in [0.1, 0.15) is 12.4 Å². The molecule has 0 atom stereocenters. The van der Waals surface area contributed by atoms with Gasteiger partial charge in [0.25, 0.3) is 0 Å². The minimum Gasteiger partial charge on any atom is -0.467 e. The molecule has 0 aliphatic carbocycles. The Labute approximate surface area is 128 Å². The van der Waals surface area contributed by atoms with Crippen LogP contribution in [0.4, 0.5) is 0 Å². The molecule has 0 radical (unpaired) electrons. The molecule has 1 aromatic heterocycles. The maximum absolute atomic E-state index is 5.59. The van der Waals surface area contributed by atoms with E-state index in [1.54, 1.807) is 6.26 Å². The fourth-order valence-corrected chi connectivity index (χ4v) is 2.88. The predicted molar refractivity (Wildman–Crippen MR) is 85.3 cm³/mol. The molecule has 0 aromatic carbocycles. The number of hydrogen-bond acceptors (Lipinski definition) is 4. The number of ether oxygens (including phenoxy) is 1. The fourth-order valence-electron chi connectivity index (χ4n) is 2.88.